The largest absolute Gasteiger partial charge is 0.310 e. The minimum absolute atomic E-state index is 0.00613. The lowest BCUT2D eigenvalue weighted by Crippen LogP contribution is -2.25. The number of nitro benzene ring substituents is 1. The number of carbonyl (C=O) groups excluding carboxylic acids is 1. The van der Waals surface area contributed by atoms with Crippen LogP contribution in [0.3, 0.4) is 0 Å². The molecule has 0 saturated heterocycles. The lowest BCUT2D eigenvalue weighted by molar-refractivity contribution is -0.384. The third kappa shape index (κ3) is 2.94. The highest BCUT2D eigenvalue weighted by molar-refractivity contribution is 7.20. The molecule has 150 valence electrons. The second-order valence-corrected chi connectivity index (χ2v) is 8.39. The maximum Gasteiger partial charge on any atom is 0.269 e. The van der Waals surface area contributed by atoms with Crippen LogP contribution in [0.1, 0.15) is 34.7 Å². The molecular formula is C21H17N5O3S. The van der Waals surface area contributed by atoms with Gasteiger partial charge in [-0.2, -0.15) is 9.78 Å². The molecule has 1 aliphatic rings. The van der Waals surface area contributed by atoms with Crippen LogP contribution >= 0.6 is 11.3 Å². The molecule has 0 fully saturated rings. The maximum absolute atomic E-state index is 12.5. The number of rotatable bonds is 3. The number of aromatic nitrogens is 3. The summed E-state index contributed by atoms with van der Waals surface area (Å²) in [5.41, 5.74) is 4.38. The fourth-order valence-electron chi connectivity index (χ4n) is 3.94. The third-order valence-electron chi connectivity index (χ3n) is 5.30. The summed E-state index contributed by atoms with van der Waals surface area (Å²) < 4.78 is 2.72. The first-order valence-corrected chi connectivity index (χ1v) is 10.2. The Kier molecular flexibility index (Phi) is 4.14. The highest BCUT2D eigenvalue weighted by Crippen LogP contribution is 2.41. The van der Waals surface area contributed by atoms with Crippen LogP contribution in [-0.2, 0) is 4.79 Å². The van der Waals surface area contributed by atoms with Crippen molar-refractivity contribution in [3.8, 4) is 5.13 Å². The highest BCUT2D eigenvalue weighted by atomic mass is 32.1. The zero-order valence-corrected chi connectivity index (χ0v) is 17.1. The van der Waals surface area contributed by atoms with E-state index in [0.29, 0.717) is 10.9 Å². The summed E-state index contributed by atoms with van der Waals surface area (Å²) in [5.74, 6) is 0.118. The van der Waals surface area contributed by atoms with Crippen molar-refractivity contribution in [3.05, 3.63) is 75.0 Å². The number of aryl methyl sites for hydroxylation is 2. The first-order valence-electron chi connectivity index (χ1n) is 9.42. The zero-order chi connectivity index (χ0) is 21.0. The summed E-state index contributed by atoms with van der Waals surface area (Å²) in [4.78, 5) is 28.0. The van der Waals surface area contributed by atoms with E-state index in [1.54, 1.807) is 10.7 Å². The van der Waals surface area contributed by atoms with Crippen LogP contribution in [0, 0.1) is 24.0 Å². The normalized spacial score (nSPS) is 15.8. The molecule has 0 spiro atoms. The van der Waals surface area contributed by atoms with E-state index < -0.39 is 4.92 Å². The molecule has 9 heteroatoms. The number of anilines is 1. The van der Waals surface area contributed by atoms with Crippen LogP contribution in [0.4, 0.5) is 11.5 Å². The number of thiazole rings is 1. The Bertz CT molecular complexity index is 1340. The Labute approximate surface area is 175 Å². The summed E-state index contributed by atoms with van der Waals surface area (Å²) >= 11 is 1.50. The number of non-ortho nitro benzene ring substituents is 1. The summed E-state index contributed by atoms with van der Waals surface area (Å²) in [7, 11) is 0. The molecule has 0 aliphatic carbocycles. The fourth-order valence-corrected chi connectivity index (χ4v) is 4.96. The van der Waals surface area contributed by atoms with Gasteiger partial charge in [-0.05, 0) is 37.1 Å². The maximum atomic E-state index is 12.5. The molecule has 30 heavy (non-hydrogen) atoms. The summed E-state index contributed by atoms with van der Waals surface area (Å²) in [6.07, 6.45) is 0.208. The molecule has 2 aromatic carbocycles. The molecule has 0 unspecified atom stereocenters. The van der Waals surface area contributed by atoms with E-state index in [2.05, 4.69) is 21.5 Å². The summed E-state index contributed by atoms with van der Waals surface area (Å²) in [5, 5.41) is 19.5. The Morgan fingerprint density at radius 2 is 2.07 bits per heavy atom. The predicted molar refractivity (Wildman–Crippen MR) is 114 cm³/mol. The standard InChI is InChI=1S/C21H17N5O3S/c1-11-6-7-16-17(8-11)30-21(22-16)25-20-19(12(2)24-25)15(10-18(27)23-20)13-4-3-5-14(9-13)26(28)29/h3-9,15H,10H2,1-2H3,(H,23,27)/t15-/m1/s1. The van der Waals surface area contributed by atoms with Gasteiger partial charge in [0.1, 0.15) is 5.82 Å². The van der Waals surface area contributed by atoms with Crippen molar-refractivity contribution in [3.63, 3.8) is 0 Å². The number of benzene rings is 2. The summed E-state index contributed by atoms with van der Waals surface area (Å²) in [6.45, 7) is 3.91. The smallest absolute Gasteiger partial charge is 0.269 e. The first-order chi connectivity index (χ1) is 14.4. The van der Waals surface area contributed by atoms with Crippen LogP contribution in [0.5, 0.6) is 0 Å². The molecule has 2 aromatic heterocycles. The fraction of sp³-hybridized carbons (Fsp3) is 0.190. The third-order valence-corrected chi connectivity index (χ3v) is 6.29. The quantitative estimate of drug-likeness (QED) is 0.389. The monoisotopic (exact) mass is 419 g/mol. The van der Waals surface area contributed by atoms with Crippen molar-refractivity contribution in [1.29, 1.82) is 0 Å². The molecule has 0 radical (unpaired) electrons. The molecule has 0 saturated carbocycles. The Morgan fingerprint density at radius 3 is 2.87 bits per heavy atom. The summed E-state index contributed by atoms with van der Waals surface area (Å²) in [6, 6.07) is 12.5. The number of nitrogens with zero attached hydrogens (tertiary/aromatic N) is 4. The van der Waals surface area contributed by atoms with Crippen LogP contribution in [0.2, 0.25) is 0 Å². The Balaban J connectivity index is 1.66. The van der Waals surface area contributed by atoms with Crippen molar-refractivity contribution >= 4 is 39.0 Å². The number of hydrogen-bond donors (Lipinski definition) is 1. The number of nitrogens with one attached hydrogen (secondary N) is 1. The van der Waals surface area contributed by atoms with E-state index in [0.717, 1.165) is 32.6 Å². The highest BCUT2D eigenvalue weighted by Gasteiger charge is 2.33. The van der Waals surface area contributed by atoms with Gasteiger partial charge in [0.15, 0.2) is 0 Å². The first kappa shape index (κ1) is 18.4. The van der Waals surface area contributed by atoms with Gasteiger partial charge in [0.2, 0.25) is 11.0 Å². The molecular weight excluding hydrogens is 402 g/mol. The minimum atomic E-state index is -0.424. The molecule has 5 rings (SSSR count). The van der Waals surface area contributed by atoms with Gasteiger partial charge in [-0.25, -0.2) is 4.98 Å². The second-order valence-electron chi connectivity index (χ2n) is 7.38. The number of nitro groups is 1. The van der Waals surface area contributed by atoms with E-state index in [1.165, 1.54) is 23.5 Å². The van der Waals surface area contributed by atoms with Gasteiger partial charge in [0, 0.05) is 30.0 Å². The molecule has 1 amide bonds. The van der Waals surface area contributed by atoms with E-state index >= 15 is 0 Å². The average Bonchev–Trinajstić information content (AvgIpc) is 3.28. The van der Waals surface area contributed by atoms with Crippen LogP contribution in [-0.4, -0.2) is 25.6 Å². The van der Waals surface area contributed by atoms with Crippen molar-refractivity contribution < 1.29 is 9.72 Å². The second kappa shape index (κ2) is 6.74. The van der Waals surface area contributed by atoms with Crippen LogP contribution in [0.25, 0.3) is 15.3 Å². The number of hydrogen-bond acceptors (Lipinski definition) is 6. The van der Waals surface area contributed by atoms with Gasteiger partial charge >= 0.3 is 0 Å². The predicted octanol–water partition coefficient (Wildman–Crippen LogP) is 4.48. The van der Waals surface area contributed by atoms with E-state index in [-0.39, 0.29) is 23.9 Å². The van der Waals surface area contributed by atoms with Gasteiger partial charge in [-0.1, -0.05) is 29.5 Å². The van der Waals surface area contributed by atoms with Crippen molar-refractivity contribution in [1.82, 2.24) is 14.8 Å². The van der Waals surface area contributed by atoms with E-state index in [9.17, 15) is 14.9 Å². The topological polar surface area (TPSA) is 103 Å². The van der Waals surface area contributed by atoms with E-state index in [1.807, 2.05) is 32.0 Å². The number of fused-ring (bicyclic) bond motifs is 2. The Hall–Kier alpha value is -3.59. The molecule has 3 heterocycles. The number of amides is 1. The molecule has 8 nitrogen and oxygen atoms in total. The molecule has 0 bridgehead atoms. The lowest BCUT2D eigenvalue weighted by atomic mass is 9.85. The van der Waals surface area contributed by atoms with Gasteiger partial charge in [-0.3, -0.25) is 14.9 Å². The minimum Gasteiger partial charge on any atom is -0.310 e. The van der Waals surface area contributed by atoms with Gasteiger partial charge < -0.3 is 5.32 Å². The van der Waals surface area contributed by atoms with Crippen molar-refractivity contribution in [2.45, 2.75) is 26.2 Å². The number of carbonyl (C=O) groups is 1. The van der Waals surface area contributed by atoms with Gasteiger partial charge in [0.25, 0.3) is 5.69 Å². The molecule has 1 aliphatic heterocycles. The van der Waals surface area contributed by atoms with E-state index in [4.69, 9.17) is 0 Å². The van der Waals surface area contributed by atoms with Gasteiger partial charge in [0.05, 0.1) is 20.8 Å². The SMILES string of the molecule is Cc1ccc2nc(-n3nc(C)c4c3NC(=O)C[C@@H]4c3cccc([N+](=O)[O-])c3)sc2c1. The zero-order valence-electron chi connectivity index (χ0n) is 16.2. The van der Waals surface area contributed by atoms with Gasteiger partial charge in [-0.15, -0.1) is 0 Å². The van der Waals surface area contributed by atoms with Crippen LogP contribution in [0.15, 0.2) is 42.5 Å². The Morgan fingerprint density at radius 1 is 1.23 bits per heavy atom. The van der Waals surface area contributed by atoms with Crippen LogP contribution < -0.4 is 5.32 Å². The van der Waals surface area contributed by atoms with Crippen molar-refractivity contribution in [2.24, 2.45) is 0 Å². The molecule has 4 aromatic rings. The lowest BCUT2D eigenvalue weighted by Gasteiger charge is -2.24. The average molecular weight is 419 g/mol. The molecule has 1 N–H and O–H groups in total. The van der Waals surface area contributed by atoms with Crippen molar-refractivity contribution in [2.75, 3.05) is 5.32 Å². The molecule has 1 atom stereocenters.